The number of rotatable bonds is 5. The van der Waals surface area contributed by atoms with E-state index in [1.807, 2.05) is 0 Å². The van der Waals surface area contributed by atoms with Gasteiger partial charge in [-0.05, 0) is 13.8 Å². The van der Waals surface area contributed by atoms with Crippen LogP contribution in [-0.4, -0.2) is 45.7 Å². The molecule has 1 N–H and O–H groups in total. The van der Waals surface area contributed by atoms with Gasteiger partial charge in [0.15, 0.2) is 5.60 Å². The SMILES string of the molecule is CCOC(=O)C(=[N+]=[N-])C(=O)C[C@@](C)(O)C(F)(F)F. The lowest BCUT2D eigenvalue weighted by molar-refractivity contribution is -0.252. The normalized spacial score (nSPS) is 14.3. The molecule has 0 bridgehead atoms. The smallest absolute Gasteiger partial charge is 0.441 e. The van der Waals surface area contributed by atoms with Crippen LogP contribution in [0.15, 0.2) is 0 Å². The second-order valence-corrected chi connectivity index (χ2v) is 3.54. The quantitative estimate of drug-likeness (QED) is 0.258. The molecular weight excluding hydrogens is 257 g/mol. The number of Topliss-reactive ketones (excluding diaryl/α,β-unsaturated/α-hetero) is 1. The third-order valence-corrected chi connectivity index (χ3v) is 1.95. The van der Waals surface area contributed by atoms with E-state index in [9.17, 15) is 22.8 Å². The summed E-state index contributed by atoms with van der Waals surface area (Å²) in [5.41, 5.74) is 3.88. The number of nitrogens with zero attached hydrogens (tertiary/aromatic N) is 2. The number of ketones is 1. The van der Waals surface area contributed by atoms with Gasteiger partial charge in [0, 0.05) is 0 Å². The van der Waals surface area contributed by atoms with E-state index in [0.717, 1.165) is 0 Å². The van der Waals surface area contributed by atoms with Gasteiger partial charge in [0.05, 0.1) is 13.0 Å². The Morgan fingerprint density at radius 3 is 2.22 bits per heavy atom. The number of esters is 1. The highest BCUT2D eigenvalue weighted by molar-refractivity contribution is 6.62. The predicted octanol–water partition coefficient (Wildman–Crippen LogP) is 0.493. The molecule has 0 saturated heterocycles. The standard InChI is InChI=1S/C9H11F3N2O4/c1-3-18-7(16)6(14-13)5(15)4-8(2,17)9(10,11)12/h17H,3-4H2,1-2H3/t8-/m1/s1. The van der Waals surface area contributed by atoms with Crippen molar-refractivity contribution in [2.24, 2.45) is 0 Å². The molecular formula is C9H11F3N2O4. The Balaban J connectivity index is 4.98. The van der Waals surface area contributed by atoms with Crippen LogP contribution in [0.2, 0.25) is 0 Å². The Hall–Kier alpha value is -1.73. The van der Waals surface area contributed by atoms with Crippen LogP contribution in [0.3, 0.4) is 0 Å². The van der Waals surface area contributed by atoms with Gasteiger partial charge in [0.1, 0.15) is 0 Å². The molecule has 6 nitrogen and oxygen atoms in total. The minimum atomic E-state index is -5.06. The fraction of sp³-hybridized carbons (Fsp3) is 0.667. The molecule has 102 valence electrons. The number of carbonyl (C=O) groups excluding carboxylic acids is 2. The molecule has 0 saturated carbocycles. The maximum absolute atomic E-state index is 12.3. The van der Waals surface area contributed by atoms with Crippen LogP contribution < -0.4 is 0 Å². The van der Waals surface area contributed by atoms with Gasteiger partial charge in [0.25, 0.3) is 5.78 Å². The molecule has 1 atom stereocenters. The van der Waals surface area contributed by atoms with E-state index in [2.05, 4.69) is 9.53 Å². The van der Waals surface area contributed by atoms with Crippen molar-refractivity contribution in [3.63, 3.8) is 0 Å². The van der Waals surface area contributed by atoms with Crippen molar-refractivity contribution in [3.8, 4) is 0 Å². The Kier molecular flexibility index (Phi) is 5.19. The van der Waals surface area contributed by atoms with Crippen LogP contribution in [0.4, 0.5) is 13.2 Å². The summed E-state index contributed by atoms with van der Waals surface area (Å²) in [7, 11) is 0. The maximum atomic E-state index is 12.3. The number of halogens is 3. The zero-order valence-electron chi connectivity index (χ0n) is 9.61. The molecule has 0 fully saturated rings. The molecule has 0 amide bonds. The van der Waals surface area contributed by atoms with E-state index in [4.69, 9.17) is 10.6 Å². The van der Waals surface area contributed by atoms with Gasteiger partial charge < -0.3 is 15.4 Å². The van der Waals surface area contributed by atoms with E-state index in [1.165, 1.54) is 6.92 Å². The number of aliphatic hydroxyl groups is 1. The summed E-state index contributed by atoms with van der Waals surface area (Å²) >= 11 is 0. The third-order valence-electron chi connectivity index (χ3n) is 1.95. The van der Waals surface area contributed by atoms with Crippen LogP contribution in [0.5, 0.6) is 0 Å². The van der Waals surface area contributed by atoms with Crippen LogP contribution in [-0.2, 0) is 14.3 Å². The summed E-state index contributed by atoms with van der Waals surface area (Å²) in [6, 6.07) is 0. The molecule has 0 spiro atoms. The molecule has 18 heavy (non-hydrogen) atoms. The molecule has 0 aliphatic heterocycles. The summed E-state index contributed by atoms with van der Waals surface area (Å²) in [4.78, 5) is 24.6. The highest BCUT2D eigenvalue weighted by Gasteiger charge is 2.53. The van der Waals surface area contributed by atoms with E-state index in [-0.39, 0.29) is 6.61 Å². The molecule has 0 aromatic rings. The first kappa shape index (κ1) is 16.3. The van der Waals surface area contributed by atoms with Crippen molar-refractivity contribution in [1.82, 2.24) is 0 Å². The van der Waals surface area contributed by atoms with E-state index in [0.29, 0.717) is 6.92 Å². The molecule has 9 heteroatoms. The molecule has 0 radical (unpaired) electrons. The summed E-state index contributed by atoms with van der Waals surface area (Å²) in [6.45, 7) is 1.61. The Morgan fingerprint density at radius 1 is 1.39 bits per heavy atom. The first-order valence-electron chi connectivity index (χ1n) is 4.78. The minimum Gasteiger partial charge on any atom is -0.457 e. The average molecular weight is 268 g/mol. The highest BCUT2D eigenvalue weighted by Crippen LogP contribution is 2.32. The van der Waals surface area contributed by atoms with Gasteiger partial charge in [0.2, 0.25) is 0 Å². The number of carbonyl (C=O) groups is 2. The number of ether oxygens (including phenoxy) is 1. The van der Waals surface area contributed by atoms with Crippen LogP contribution in [0, 0.1) is 0 Å². The third kappa shape index (κ3) is 3.94. The molecule has 0 aliphatic carbocycles. The number of alkyl halides is 3. The second kappa shape index (κ2) is 5.74. The van der Waals surface area contributed by atoms with Gasteiger partial charge >= 0.3 is 17.9 Å². The van der Waals surface area contributed by atoms with Crippen molar-refractivity contribution < 1.29 is 37.4 Å². The topological polar surface area (TPSA) is 100 Å². The first-order valence-corrected chi connectivity index (χ1v) is 4.78. The second-order valence-electron chi connectivity index (χ2n) is 3.54. The highest BCUT2D eigenvalue weighted by atomic mass is 19.4. The summed E-state index contributed by atoms with van der Waals surface area (Å²) in [5.74, 6) is -2.83. The fourth-order valence-electron chi connectivity index (χ4n) is 0.906. The van der Waals surface area contributed by atoms with Crippen LogP contribution in [0.25, 0.3) is 5.53 Å². The van der Waals surface area contributed by atoms with Crippen molar-refractivity contribution >= 4 is 17.5 Å². The molecule has 0 aromatic carbocycles. The van der Waals surface area contributed by atoms with Crippen molar-refractivity contribution in [1.29, 1.82) is 0 Å². The summed E-state index contributed by atoms with van der Waals surface area (Å²) in [6.07, 6.45) is -6.51. The summed E-state index contributed by atoms with van der Waals surface area (Å²) in [5, 5.41) is 9.04. The Bertz CT molecular complexity index is 397. The van der Waals surface area contributed by atoms with Crippen LogP contribution in [0.1, 0.15) is 20.3 Å². The minimum absolute atomic E-state index is 0.152. The molecule has 0 aliphatic rings. The van der Waals surface area contributed by atoms with E-state index >= 15 is 0 Å². The van der Waals surface area contributed by atoms with Gasteiger partial charge in [-0.3, -0.25) is 4.79 Å². The molecule has 0 unspecified atom stereocenters. The molecule has 0 heterocycles. The average Bonchev–Trinajstić information content (AvgIpc) is 2.16. The van der Waals surface area contributed by atoms with Gasteiger partial charge in [-0.1, -0.05) is 0 Å². The Morgan fingerprint density at radius 2 is 1.89 bits per heavy atom. The van der Waals surface area contributed by atoms with Gasteiger partial charge in [-0.25, -0.2) is 4.79 Å². The van der Waals surface area contributed by atoms with Crippen molar-refractivity contribution in [2.45, 2.75) is 32.0 Å². The number of hydrogen-bond acceptors (Lipinski definition) is 4. The Labute approximate surface area is 100.0 Å². The lowest BCUT2D eigenvalue weighted by atomic mass is 9.96. The first-order chi connectivity index (χ1) is 8.06. The summed E-state index contributed by atoms with van der Waals surface area (Å²) < 4.78 is 41.2. The largest absolute Gasteiger partial charge is 0.457 e. The maximum Gasteiger partial charge on any atom is 0.441 e. The monoisotopic (exact) mass is 268 g/mol. The zero-order valence-corrected chi connectivity index (χ0v) is 9.61. The number of hydrogen-bond donors (Lipinski definition) is 1. The van der Waals surface area contributed by atoms with E-state index in [1.54, 1.807) is 0 Å². The van der Waals surface area contributed by atoms with Crippen LogP contribution >= 0.6 is 0 Å². The lowest BCUT2D eigenvalue weighted by Crippen LogP contribution is -2.46. The van der Waals surface area contributed by atoms with E-state index < -0.39 is 35.7 Å². The van der Waals surface area contributed by atoms with Gasteiger partial charge in [-0.2, -0.15) is 18.0 Å². The zero-order chi connectivity index (χ0) is 14.6. The van der Waals surface area contributed by atoms with Crippen molar-refractivity contribution in [2.75, 3.05) is 6.61 Å². The fourth-order valence-corrected chi connectivity index (χ4v) is 0.906. The van der Waals surface area contributed by atoms with Gasteiger partial charge in [-0.15, -0.1) is 0 Å². The molecule has 0 aromatic heterocycles. The lowest BCUT2D eigenvalue weighted by Gasteiger charge is -2.24. The van der Waals surface area contributed by atoms with Crippen molar-refractivity contribution in [3.05, 3.63) is 5.53 Å². The predicted molar refractivity (Wildman–Crippen MR) is 51.6 cm³/mol. The molecule has 0 rings (SSSR count).